The molecule has 5 heteroatoms. The van der Waals surface area contributed by atoms with E-state index in [1.807, 2.05) is 38.4 Å². The Balaban J connectivity index is 2.30. The highest BCUT2D eigenvalue weighted by atomic mass is 16.5. The molecule has 0 saturated carbocycles. The van der Waals surface area contributed by atoms with Crippen molar-refractivity contribution in [2.24, 2.45) is 0 Å². The number of nitrogens with one attached hydrogen (secondary N) is 1. The van der Waals surface area contributed by atoms with Crippen molar-refractivity contribution in [1.82, 2.24) is 10.2 Å². The summed E-state index contributed by atoms with van der Waals surface area (Å²) in [6.45, 7) is 4.41. The van der Waals surface area contributed by atoms with Crippen LogP contribution < -0.4 is 5.32 Å². The van der Waals surface area contributed by atoms with Gasteiger partial charge in [-0.05, 0) is 39.5 Å². The third kappa shape index (κ3) is 8.47. The fraction of sp³-hybridized carbons (Fsp3) is 0.556. The Kier molecular flexibility index (Phi) is 9.17. The predicted octanol–water partition coefficient (Wildman–Crippen LogP) is 2.25. The molecule has 0 atom stereocenters. The van der Waals surface area contributed by atoms with Gasteiger partial charge in [0.15, 0.2) is 5.78 Å². The van der Waals surface area contributed by atoms with Crippen LogP contribution in [0.2, 0.25) is 0 Å². The van der Waals surface area contributed by atoms with Crippen molar-refractivity contribution >= 4 is 11.8 Å². The van der Waals surface area contributed by atoms with Gasteiger partial charge in [0.2, 0.25) is 0 Å². The monoisotopic (exact) mass is 320 g/mol. The molecule has 128 valence electrons. The van der Waals surface area contributed by atoms with Crippen LogP contribution in [0.1, 0.15) is 42.1 Å². The predicted molar refractivity (Wildman–Crippen MR) is 91.5 cm³/mol. The average Bonchev–Trinajstić information content (AvgIpc) is 2.52. The zero-order valence-electron chi connectivity index (χ0n) is 14.4. The summed E-state index contributed by atoms with van der Waals surface area (Å²) >= 11 is 0. The lowest BCUT2D eigenvalue weighted by atomic mass is 10.0. The molecule has 23 heavy (non-hydrogen) atoms. The number of Topliss-reactive ketones (excluding diaryl/α,β-unsaturated/α-hetero) is 1. The Hall–Kier alpha value is -1.72. The first-order valence-electron chi connectivity index (χ1n) is 8.16. The molecule has 0 radical (unpaired) electrons. The topological polar surface area (TPSA) is 58.6 Å². The van der Waals surface area contributed by atoms with Crippen molar-refractivity contribution in [2.45, 2.75) is 32.7 Å². The van der Waals surface area contributed by atoms with Gasteiger partial charge in [-0.25, -0.2) is 0 Å². The summed E-state index contributed by atoms with van der Waals surface area (Å²) < 4.78 is 4.86. The summed E-state index contributed by atoms with van der Waals surface area (Å²) in [5, 5.41) is 3.20. The minimum atomic E-state index is -0.182. The number of ketones is 1. The molecule has 0 aromatic heterocycles. The second-order valence-corrected chi connectivity index (χ2v) is 5.76. The largest absolute Gasteiger partial charge is 0.466 e. The van der Waals surface area contributed by atoms with E-state index in [2.05, 4.69) is 10.2 Å². The number of hydrogen-bond acceptors (Lipinski definition) is 5. The summed E-state index contributed by atoms with van der Waals surface area (Å²) in [5.74, 6) is 0.00680. The van der Waals surface area contributed by atoms with Gasteiger partial charge >= 0.3 is 5.97 Å². The van der Waals surface area contributed by atoms with Crippen LogP contribution in [0.3, 0.4) is 0 Å². The van der Waals surface area contributed by atoms with Crippen LogP contribution in [0.25, 0.3) is 0 Å². The van der Waals surface area contributed by atoms with Crippen LogP contribution in [0.15, 0.2) is 24.3 Å². The van der Waals surface area contributed by atoms with E-state index in [1.165, 1.54) is 0 Å². The maximum Gasteiger partial charge on any atom is 0.307 e. The third-order valence-corrected chi connectivity index (χ3v) is 3.43. The quantitative estimate of drug-likeness (QED) is 0.385. The third-order valence-electron chi connectivity index (χ3n) is 3.43. The number of hydrogen-bond donors (Lipinski definition) is 1. The molecule has 1 aromatic rings. The second kappa shape index (κ2) is 10.9. The standard InChI is InChI=1S/C18H28N2O3/c1-4-23-18(22)11-12-19-14-15-7-9-16(10-8-15)17(21)6-5-13-20(2)3/h7-10,19H,4-6,11-14H2,1-3H3. The Morgan fingerprint density at radius 3 is 2.43 bits per heavy atom. The van der Waals surface area contributed by atoms with Gasteiger partial charge in [-0.2, -0.15) is 0 Å². The molecule has 0 aliphatic rings. The zero-order chi connectivity index (χ0) is 17.1. The molecule has 0 heterocycles. The van der Waals surface area contributed by atoms with Crippen LogP contribution in [0.5, 0.6) is 0 Å². The van der Waals surface area contributed by atoms with Gasteiger partial charge < -0.3 is 15.0 Å². The fourth-order valence-electron chi connectivity index (χ4n) is 2.17. The normalized spacial score (nSPS) is 10.8. The number of carbonyl (C=O) groups excluding carboxylic acids is 2. The van der Waals surface area contributed by atoms with Crippen molar-refractivity contribution in [3.05, 3.63) is 35.4 Å². The molecule has 1 rings (SSSR count). The molecule has 0 aliphatic heterocycles. The number of benzene rings is 1. The van der Waals surface area contributed by atoms with Gasteiger partial charge in [0.1, 0.15) is 0 Å². The molecule has 0 saturated heterocycles. The summed E-state index contributed by atoms with van der Waals surface area (Å²) in [6.07, 6.45) is 1.83. The number of carbonyl (C=O) groups is 2. The molecule has 5 nitrogen and oxygen atoms in total. The van der Waals surface area contributed by atoms with Crippen molar-refractivity contribution in [3.8, 4) is 0 Å². The van der Waals surface area contributed by atoms with E-state index in [4.69, 9.17) is 4.74 Å². The number of esters is 1. The van der Waals surface area contributed by atoms with Crippen LogP contribution in [-0.2, 0) is 16.1 Å². The minimum absolute atomic E-state index is 0.182. The minimum Gasteiger partial charge on any atom is -0.466 e. The molecule has 0 spiro atoms. The maximum absolute atomic E-state index is 12.0. The van der Waals surface area contributed by atoms with Crippen LogP contribution in [0, 0.1) is 0 Å². The van der Waals surface area contributed by atoms with Gasteiger partial charge in [-0.15, -0.1) is 0 Å². The smallest absolute Gasteiger partial charge is 0.307 e. The molecular formula is C18H28N2O3. The average molecular weight is 320 g/mol. The van der Waals surface area contributed by atoms with Crippen LogP contribution in [-0.4, -0.2) is 50.4 Å². The van der Waals surface area contributed by atoms with Crippen LogP contribution in [0.4, 0.5) is 0 Å². The zero-order valence-corrected chi connectivity index (χ0v) is 14.4. The van der Waals surface area contributed by atoms with Gasteiger partial charge in [0, 0.05) is 25.1 Å². The van der Waals surface area contributed by atoms with E-state index in [9.17, 15) is 9.59 Å². The highest BCUT2D eigenvalue weighted by Gasteiger charge is 2.06. The Bertz CT molecular complexity index is 484. The Labute approximate surface area is 139 Å². The van der Waals surface area contributed by atoms with E-state index in [1.54, 1.807) is 6.92 Å². The van der Waals surface area contributed by atoms with E-state index in [-0.39, 0.29) is 11.8 Å². The summed E-state index contributed by atoms with van der Waals surface area (Å²) in [4.78, 5) is 25.3. The molecule has 1 aromatic carbocycles. The molecule has 0 unspecified atom stereocenters. The summed E-state index contributed by atoms with van der Waals surface area (Å²) in [5.41, 5.74) is 1.86. The number of rotatable bonds is 11. The van der Waals surface area contributed by atoms with Gasteiger partial charge in [0.25, 0.3) is 0 Å². The van der Waals surface area contributed by atoms with E-state index < -0.39 is 0 Å². The second-order valence-electron chi connectivity index (χ2n) is 5.76. The van der Waals surface area contributed by atoms with E-state index in [0.717, 1.165) is 24.1 Å². The Morgan fingerprint density at radius 2 is 1.83 bits per heavy atom. The highest BCUT2D eigenvalue weighted by Crippen LogP contribution is 2.08. The Morgan fingerprint density at radius 1 is 1.13 bits per heavy atom. The van der Waals surface area contributed by atoms with Crippen molar-refractivity contribution < 1.29 is 14.3 Å². The van der Waals surface area contributed by atoms with Crippen LogP contribution >= 0.6 is 0 Å². The fourth-order valence-corrected chi connectivity index (χ4v) is 2.17. The summed E-state index contributed by atoms with van der Waals surface area (Å²) in [7, 11) is 4.02. The molecule has 0 bridgehead atoms. The molecule has 0 fully saturated rings. The van der Waals surface area contributed by atoms with E-state index in [0.29, 0.717) is 32.5 Å². The lowest BCUT2D eigenvalue weighted by Crippen LogP contribution is -2.19. The first-order valence-corrected chi connectivity index (χ1v) is 8.16. The molecule has 0 amide bonds. The number of ether oxygens (including phenoxy) is 1. The van der Waals surface area contributed by atoms with Crippen molar-refractivity contribution in [2.75, 3.05) is 33.8 Å². The van der Waals surface area contributed by atoms with Gasteiger partial charge in [-0.3, -0.25) is 9.59 Å². The first kappa shape index (κ1) is 19.3. The lowest BCUT2D eigenvalue weighted by molar-refractivity contribution is -0.142. The number of nitrogens with zero attached hydrogens (tertiary/aromatic N) is 1. The first-order chi connectivity index (χ1) is 11.0. The maximum atomic E-state index is 12.0. The van der Waals surface area contributed by atoms with Crippen molar-refractivity contribution in [1.29, 1.82) is 0 Å². The molecule has 1 N–H and O–H groups in total. The summed E-state index contributed by atoms with van der Waals surface area (Å²) in [6, 6.07) is 7.66. The lowest BCUT2D eigenvalue weighted by Gasteiger charge is -2.09. The van der Waals surface area contributed by atoms with Gasteiger partial charge in [-0.1, -0.05) is 24.3 Å². The molecule has 0 aliphatic carbocycles. The van der Waals surface area contributed by atoms with Gasteiger partial charge in [0.05, 0.1) is 13.0 Å². The molecular weight excluding hydrogens is 292 g/mol. The van der Waals surface area contributed by atoms with Crippen molar-refractivity contribution in [3.63, 3.8) is 0 Å². The van der Waals surface area contributed by atoms with E-state index >= 15 is 0 Å². The SMILES string of the molecule is CCOC(=O)CCNCc1ccc(C(=O)CCCN(C)C)cc1. The highest BCUT2D eigenvalue weighted by molar-refractivity contribution is 5.96.